The maximum atomic E-state index is 15.2. The van der Waals surface area contributed by atoms with E-state index in [0.717, 1.165) is 7.11 Å². The molecule has 0 aliphatic heterocycles. The first-order chi connectivity index (χ1) is 11.5. The third-order valence-electron chi connectivity index (χ3n) is 3.75. The van der Waals surface area contributed by atoms with Gasteiger partial charge in [-0.25, -0.2) is 9.18 Å². The van der Waals surface area contributed by atoms with Crippen LogP contribution in [0.2, 0.25) is 0 Å². The Kier molecular flexibility index (Phi) is 4.85. The van der Waals surface area contributed by atoms with Gasteiger partial charge < -0.3 is 14.5 Å². The highest BCUT2D eigenvalue weighted by Gasteiger charge is 2.36. The Morgan fingerprint density at radius 2 is 1.96 bits per heavy atom. The van der Waals surface area contributed by atoms with Crippen LogP contribution in [0.5, 0.6) is 0 Å². The molecule has 136 valence electrons. The summed E-state index contributed by atoms with van der Waals surface area (Å²) in [6.45, 7) is 8.16. The van der Waals surface area contributed by atoms with Crippen LogP contribution >= 0.6 is 0 Å². The fraction of sp³-hybridized carbons (Fsp3) is 0.471. The molecule has 1 aromatic carbocycles. The highest BCUT2D eigenvalue weighted by Crippen LogP contribution is 2.40. The minimum atomic E-state index is -1.41. The summed E-state index contributed by atoms with van der Waals surface area (Å²) in [7, 11) is 1.15. The van der Waals surface area contributed by atoms with Gasteiger partial charge in [-0.1, -0.05) is 0 Å². The molecule has 25 heavy (non-hydrogen) atoms. The third-order valence-corrected chi connectivity index (χ3v) is 3.75. The van der Waals surface area contributed by atoms with Crippen molar-refractivity contribution >= 4 is 22.6 Å². The standard InChI is InChI=1S/C17H21FN2O5/c1-8-7-10-12(18)11(9(2)14(20(22)23)13(10)19-8)15(16(21)24-6)25-17(3,4)5/h7,15,19H,1-6H3. The van der Waals surface area contributed by atoms with E-state index >= 15 is 4.39 Å². The molecular weight excluding hydrogens is 331 g/mol. The molecule has 0 amide bonds. The van der Waals surface area contributed by atoms with E-state index in [1.165, 1.54) is 13.0 Å². The Morgan fingerprint density at radius 3 is 2.44 bits per heavy atom. The Balaban J connectivity index is 2.86. The molecule has 0 aliphatic carbocycles. The fourth-order valence-corrected chi connectivity index (χ4v) is 2.80. The zero-order valence-electron chi connectivity index (χ0n) is 15.0. The number of methoxy groups -OCH3 is 1. The zero-order valence-corrected chi connectivity index (χ0v) is 15.0. The van der Waals surface area contributed by atoms with Gasteiger partial charge in [0.1, 0.15) is 11.3 Å². The van der Waals surface area contributed by atoms with Gasteiger partial charge >= 0.3 is 5.97 Å². The number of rotatable bonds is 4. The van der Waals surface area contributed by atoms with Crippen molar-refractivity contribution in [1.82, 2.24) is 4.98 Å². The third kappa shape index (κ3) is 3.48. The predicted octanol–water partition coefficient (Wildman–Crippen LogP) is 3.86. The van der Waals surface area contributed by atoms with Crippen molar-refractivity contribution in [2.24, 2.45) is 0 Å². The fourth-order valence-electron chi connectivity index (χ4n) is 2.80. The number of ether oxygens (including phenoxy) is 2. The van der Waals surface area contributed by atoms with Crippen molar-refractivity contribution in [3.8, 4) is 0 Å². The topological polar surface area (TPSA) is 94.5 Å². The first-order valence-corrected chi connectivity index (χ1v) is 7.69. The molecule has 0 saturated carbocycles. The summed E-state index contributed by atoms with van der Waals surface area (Å²) in [4.78, 5) is 26.0. The number of esters is 1. The number of fused-ring (bicyclic) bond motifs is 1. The second-order valence-corrected chi connectivity index (χ2v) is 6.83. The molecule has 7 nitrogen and oxygen atoms in total. The van der Waals surface area contributed by atoms with Gasteiger partial charge in [0.25, 0.3) is 5.69 Å². The number of aromatic amines is 1. The first kappa shape index (κ1) is 18.9. The molecule has 0 radical (unpaired) electrons. The normalized spacial score (nSPS) is 13.1. The highest BCUT2D eigenvalue weighted by molar-refractivity contribution is 5.93. The van der Waals surface area contributed by atoms with Crippen LogP contribution in [0.15, 0.2) is 6.07 Å². The highest BCUT2D eigenvalue weighted by atomic mass is 19.1. The van der Waals surface area contributed by atoms with E-state index in [1.807, 2.05) is 0 Å². The summed E-state index contributed by atoms with van der Waals surface area (Å²) < 4.78 is 25.6. The Morgan fingerprint density at radius 1 is 1.36 bits per heavy atom. The van der Waals surface area contributed by atoms with Crippen LogP contribution in [-0.4, -0.2) is 28.6 Å². The number of H-pyrrole nitrogens is 1. The van der Waals surface area contributed by atoms with Gasteiger partial charge in [0.2, 0.25) is 0 Å². The van der Waals surface area contributed by atoms with Crippen LogP contribution in [-0.2, 0) is 14.3 Å². The number of halogens is 1. The molecule has 1 unspecified atom stereocenters. The molecule has 0 bridgehead atoms. The van der Waals surface area contributed by atoms with Crippen molar-refractivity contribution in [1.29, 1.82) is 0 Å². The van der Waals surface area contributed by atoms with Crippen molar-refractivity contribution in [2.75, 3.05) is 7.11 Å². The molecule has 0 spiro atoms. The van der Waals surface area contributed by atoms with Crippen LogP contribution in [0.1, 0.15) is 43.7 Å². The van der Waals surface area contributed by atoms with Crippen LogP contribution in [0, 0.1) is 29.8 Å². The Bertz CT molecular complexity index is 851. The summed E-state index contributed by atoms with van der Waals surface area (Å²) in [5.74, 6) is -1.56. The van der Waals surface area contributed by atoms with Crippen molar-refractivity contribution in [3.63, 3.8) is 0 Å². The monoisotopic (exact) mass is 352 g/mol. The Labute approximate surface area is 144 Å². The van der Waals surface area contributed by atoms with Gasteiger partial charge in [-0.05, 0) is 40.7 Å². The molecular formula is C17H21FN2O5. The number of aryl methyl sites for hydroxylation is 1. The minimum Gasteiger partial charge on any atom is -0.467 e. The lowest BCUT2D eigenvalue weighted by Crippen LogP contribution is -2.29. The van der Waals surface area contributed by atoms with Crippen LogP contribution in [0.4, 0.5) is 10.1 Å². The van der Waals surface area contributed by atoms with E-state index in [4.69, 9.17) is 9.47 Å². The number of nitrogens with zero attached hydrogens (tertiary/aromatic N) is 1. The van der Waals surface area contributed by atoms with E-state index in [-0.39, 0.29) is 27.7 Å². The average Bonchev–Trinajstić information content (AvgIpc) is 2.85. The number of hydrogen-bond donors (Lipinski definition) is 1. The van der Waals surface area contributed by atoms with E-state index in [2.05, 4.69) is 4.98 Å². The lowest BCUT2D eigenvalue weighted by Gasteiger charge is -2.27. The SMILES string of the molecule is COC(=O)C(OC(C)(C)C)c1c(C)c([N+](=O)[O-])c2[nH]c(C)cc2c1F. The second kappa shape index (κ2) is 6.44. The van der Waals surface area contributed by atoms with E-state index in [1.54, 1.807) is 27.7 Å². The molecule has 1 N–H and O–H groups in total. The van der Waals surface area contributed by atoms with Crippen LogP contribution in [0.25, 0.3) is 10.9 Å². The number of nitro groups is 1. The average molecular weight is 352 g/mol. The number of hydrogen-bond acceptors (Lipinski definition) is 5. The molecule has 2 aromatic rings. The lowest BCUT2D eigenvalue weighted by atomic mass is 9.97. The van der Waals surface area contributed by atoms with E-state index in [0.29, 0.717) is 5.69 Å². The van der Waals surface area contributed by atoms with Gasteiger partial charge in [-0.2, -0.15) is 0 Å². The summed E-state index contributed by atoms with van der Waals surface area (Å²) in [6, 6.07) is 1.46. The van der Waals surface area contributed by atoms with Crippen LogP contribution in [0.3, 0.4) is 0 Å². The summed E-state index contributed by atoms with van der Waals surface area (Å²) in [5, 5.41) is 11.6. The largest absolute Gasteiger partial charge is 0.467 e. The van der Waals surface area contributed by atoms with Crippen molar-refractivity contribution in [2.45, 2.75) is 46.3 Å². The van der Waals surface area contributed by atoms with Gasteiger partial charge in [0.15, 0.2) is 6.10 Å². The molecule has 1 aromatic heterocycles. The number of carbonyl (C=O) groups excluding carboxylic acids is 1. The molecule has 2 rings (SSSR count). The van der Waals surface area contributed by atoms with Crippen molar-refractivity contribution < 1.29 is 23.6 Å². The lowest BCUT2D eigenvalue weighted by molar-refractivity contribution is -0.383. The number of nitro benzene ring substituents is 1. The number of nitrogens with one attached hydrogen (secondary N) is 1. The smallest absolute Gasteiger partial charge is 0.339 e. The summed E-state index contributed by atoms with van der Waals surface area (Å²) in [6.07, 6.45) is -1.41. The van der Waals surface area contributed by atoms with Gasteiger partial charge in [-0.3, -0.25) is 10.1 Å². The van der Waals surface area contributed by atoms with Gasteiger partial charge in [0, 0.05) is 22.2 Å². The predicted molar refractivity (Wildman–Crippen MR) is 90.0 cm³/mol. The number of carbonyl (C=O) groups is 1. The number of aromatic nitrogens is 1. The van der Waals surface area contributed by atoms with Gasteiger partial charge in [0.05, 0.1) is 17.6 Å². The summed E-state index contributed by atoms with van der Waals surface area (Å²) in [5.41, 5.74) is -0.585. The van der Waals surface area contributed by atoms with Gasteiger partial charge in [-0.15, -0.1) is 0 Å². The van der Waals surface area contributed by atoms with Crippen molar-refractivity contribution in [3.05, 3.63) is 38.8 Å². The van der Waals surface area contributed by atoms with E-state index in [9.17, 15) is 14.9 Å². The minimum absolute atomic E-state index is 0.0245. The molecule has 1 heterocycles. The van der Waals surface area contributed by atoms with E-state index < -0.39 is 28.4 Å². The molecule has 8 heteroatoms. The molecule has 0 saturated heterocycles. The molecule has 1 atom stereocenters. The second-order valence-electron chi connectivity index (χ2n) is 6.83. The maximum absolute atomic E-state index is 15.2. The molecule has 0 aliphatic rings. The van der Waals surface area contributed by atoms with Crippen LogP contribution < -0.4 is 0 Å². The summed E-state index contributed by atoms with van der Waals surface area (Å²) >= 11 is 0. The maximum Gasteiger partial charge on any atom is 0.339 e. The number of benzene rings is 1. The first-order valence-electron chi connectivity index (χ1n) is 7.69. The Hall–Kier alpha value is -2.48. The zero-order chi connectivity index (χ0) is 19.1. The quantitative estimate of drug-likeness (QED) is 0.512. The molecule has 0 fully saturated rings.